The van der Waals surface area contributed by atoms with Gasteiger partial charge in [0.15, 0.2) is 0 Å². The van der Waals surface area contributed by atoms with Crippen LogP contribution in [-0.4, -0.2) is 34.9 Å². The molecule has 0 unspecified atom stereocenters. The highest BCUT2D eigenvalue weighted by Crippen LogP contribution is 2.35. The average Bonchev–Trinajstić information content (AvgIpc) is 2.91. The molecule has 178 valence electrons. The number of rotatable bonds is 7. The smallest absolute Gasteiger partial charge is 0.219 e. The Hall–Kier alpha value is -3.07. The molecular weight excluding hydrogens is 476 g/mol. The quantitative estimate of drug-likeness (QED) is 0.355. The molecular formula is C27H26N4O2S2. The Morgan fingerprint density at radius 2 is 1.29 bits per heavy atom. The van der Waals surface area contributed by atoms with E-state index in [4.69, 9.17) is 4.98 Å². The lowest BCUT2D eigenvalue weighted by molar-refractivity contribution is 0.422. The Morgan fingerprint density at radius 1 is 0.714 bits per heavy atom. The molecule has 35 heavy (non-hydrogen) atoms. The van der Waals surface area contributed by atoms with Crippen molar-refractivity contribution in [2.75, 3.05) is 0 Å². The van der Waals surface area contributed by atoms with Crippen LogP contribution < -0.4 is 4.72 Å². The second kappa shape index (κ2) is 10.7. The van der Waals surface area contributed by atoms with Gasteiger partial charge >= 0.3 is 0 Å². The Morgan fingerprint density at radius 3 is 1.94 bits per heavy atom. The van der Waals surface area contributed by atoms with Gasteiger partial charge in [-0.1, -0.05) is 103 Å². The third kappa shape index (κ3) is 5.61. The zero-order chi connectivity index (χ0) is 24.1. The van der Waals surface area contributed by atoms with Crippen molar-refractivity contribution in [2.45, 2.75) is 47.0 Å². The topological polar surface area (TPSA) is 84.8 Å². The van der Waals surface area contributed by atoms with Gasteiger partial charge in [-0.25, -0.2) is 18.1 Å². The van der Waals surface area contributed by atoms with Gasteiger partial charge in [0.25, 0.3) is 0 Å². The van der Waals surface area contributed by atoms with E-state index in [0.717, 1.165) is 48.2 Å². The molecule has 1 heterocycles. The van der Waals surface area contributed by atoms with Crippen LogP contribution in [0.4, 0.5) is 0 Å². The van der Waals surface area contributed by atoms with Crippen molar-refractivity contribution in [3.63, 3.8) is 0 Å². The molecule has 1 aliphatic carbocycles. The van der Waals surface area contributed by atoms with E-state index in [0.29, 0.717) is 5.16 Å². The molecule has 4 aromatic rings. The van der Waals surface area contributed by atoms with E-state index >= 15 is 0 Å². The molecule has 0 saturated heterocycles. The number of thioether (sulfide) groups is 1. The summed E-state index contributed by atoms with van der Waals surface area (Å²) in [5.74, 6) is 0. The maximum Gasteiger partial charge on any atom is 0.240 e. The van der Waals surface area contributed by atoms with Crippen molar-refractivity contribution in [3.8, 4) is 22.5 Å². The second-order valence-corrected chi connectivity index (χ2v) is 11.4. The second-order valence-electron chi connectivity index (χ2n) is 8.51. The van der Waals surface area contributed by atoms with Crippen molar-refractivity contribution in [2.24, 2.45) is 0 Å². The van der Waals surface area contributed by atoms with Gasteiger partial charge in [-0.2, -0.15) is 0 Å². The number of aromatic nitrogens is 3. The largest absolute Gasteiger partial charge is 0.240 e. The minimum Gasteiger partial charge on any atom is -0.219 e. The molecule has 3 aromatic carbocycles. The van der Waals surface area contributed by atoms with Crippen LogP contribution >= 0.6 is 11.8 Å². The van der Waals surface area contributed by atoms with E-state index in [9.17, 15) is 8.42 Å². The molecule has 0 amide bonds. The Balaban J connectivity index is 1.43. The van der Waals surface area contributed by atoms with Crippen molar-refractivity contribution >= 4 is 21.8 Å². The number of nitrogens with zero attached hydrogens (tertiary/aromatic N) is 3. The number of nitrogens with one attached hydrogen (secondary N) is 1. The molecule has 1 N–H and O–H groups in total. The summed E-state index contributed by atoms with van der Waals surface area (Å²) in [6.45, 7) is 0. The number of benzene rings is 3. The molecule has 1 saturated carbocycles. The summed E-state index contributed by atoms with van der Waals surface area (Å²) in [5, 5.41) is 9.59. The maximum atomic E-state index is 13.0. The van der Waals surface area contributed by atoms with Crippen LogP contribution in [0.25, 0.3) is 22.5 Å². The molecule has 0 radical (unpaired) electrons. The van der Waals surface area contributed by atoms with E-state index in [-0.39, 0.29) is 16.2 Å². The zero-order valence-corrected chi connectivity index (χ0v) is 20.8. The number of hydrogen-bond acceptors (Lipinski definition) is 6. The number of sulfonamides is 1. The van der Waals surface area contributed by atoms with Crippen LogP contribution in [0.1, 0.15) is 25.7 Å². The molecule has 0 spiro atoms. The summed E-state index contributed by atoms with van der Waals surface area (Å²) in [4.78, 5) is 5.20. The van der Waals surface area contributed by atoms with Gasteiger partial charge in [0.1, 0.15) is 11.4 Å². The molecule has 1 aliphatic rings. The summed E-state index contributed by atoms with van der Waals surface area (Å²) < 4.78 is 28.9. The lowest BCUT2D eigenvalue weighted by Gasteiger charge is -2.31. The predicted octanol–water partition coefficient (Wildman–Crippen LogP) is 5.59. The summed E-state index contributed by atoms with van der Waals surface area (Å²) >= 11 is 1.51. The third-order valence-corrected chi connectivity index (χ3v) is 8.84. The predicted molar refractivity (Wildman–Crippen MR) is 139 cm³/mol. The molecule has 2 atom stereocenters. The van der Waals surface area contributed by atoms with E-state index < -0.39 is 10.0 Å². The minimum absolute atomic E-state index is 0.0234. The van der Waals surface area contributed by atoms with Gasteiger partial charge in [0.2, 0.25) is 15.2 Å². The van der Waals surface area contributed by atoms with Crippen LogP contribution in [0, 0.1) is 0 Å². The Labute approximate surface area is 210 Å². The van der Waals surface area contributed by atoms with Crippen LogP contribution in [0.2, 0.25) is 0 Å². The fourth-order valence-electron chi connectivity index (χ4n) is 4.32. The molecule has 8 heteroatoms. The SMILES string of the molecule is O=S(=O)(N[C@@H]1CCCC[C@H]1Sc1nnc(-c2ccccc2)c(-c2ccccc2)n1)c1ccccc1. The van der Waals surface area contributed by atoms with Crippen molar-refractivity contribution in [3.05, 3.63) is 91.0 Å². The molecule has 5 rings (SSSR count). The minimum atomic E-state index is -3.60. The Kier molecular flexibility index (Phi) is 7.22. The van der Waals surface area contributed by atoms with Crippen molar-refractivity contribution in [1.82, 2.24) is 19.9 Å². The first kappa shape index (κ1) is 23.7. The summed E-state index contributed by atoms with van der Waals surface area (Å²) in [7, 11) is -3.60. The van der Waals surface area contributed by atoms with Crippen LogP contribution in [0.15, 0.2) is 101 Å². The fraction of sp³-hybridized carbons (Fsp3) is 0.222. The normalized spacial score (nSPS) is 18.3. The molecule has 0 aliphatic heterocycles. The molecule has 6 nitrogen and oxygen atoms in total. The fourth-order valence-corrected chi connectivity index (χ4v) is 6.90. The summed E-state index contributed by atoms with van der Waals surface area (Å²) in [5.41, 5.74) is 3.42. The van der Waals surface area contributed by atoms with Gasteiger partial charge in [-0.05, 0) is 25.0 Å². The monoisotopic (exact) mass is 502 g/mol. The Bertz CT molecular complexity index is 1370. The summed E-state index contributed by atoms with van der Waals surface area (Å²) in [6.07, 6.45) is 3.70. The van der Waals surface area contributed by atoms with E-state index in [2.05, 4.69) is 14.9 Å². The van der Waals surface area contributed by atoms with Crippen LogP contribution in [-0.2, 0) is 10.0 Å². The first-order valence-corrected chi connectivity index (χ1v) is 14.1. The number of hydrogen-bond donors (Lipinski definition) is 1. The zero-order valence-electron chi connectivity index (χ0n) is 19.1. The third-order valence-electron chi connectivity index (χ3n) is 6.08. The van der Waals surface area contributed by atoms with Gasteiger partial charge < -0.3 is 0 Å². The lowest BCUT2D eigenvalue weighted by Crippen LogP contribution is -2.43. The van der Waals surface area contributed by atoms with Gasteiger partial charge in [0, 0.05) is 22.4 Å². The summed E-state index contributed by atoms with van der Waals surface area (Å²) in [6, 6.07) is 28.2. The molecule has 1 aromatic heterocycles. The maximum absolute atomic E-state index is 13.0. The van der Waals surface area contributed by atoms with E-state index in [1.807, 2.05) is 66.7 Å². The van der Waals surface area contributed by atoms with Crippen LogP contribution in [0.3, 0.4) is 0 Å². The van der Waals surface area contributed by atoms with E-state index in [1.54, 1.807) is 24.3 Å². The molecule has 0 bridgehead atoms. The highest BCUT2D eigenvalue weighted by molar-refractivity contribution is 7.99. The standard InChI is InChI=1S/C27H26N4O2S2/c32-35(33,22-16-8-3-9-17-22)31-23-18-10-11-19-24(23)34-27-28-25(20-12-4-1-5-13-20)26(29-30-27)21-14-6-2-7-15-21/h1-9,12-17,23-24,31H,10-11,18-19H2/t23-,24-/m1/s1. The average molecular weight is 503 g/mol. The first-order chi connectivity index (χ1) is 17.1. The van der Waals surface area contributed by atoms with Crippen molar-refractivity contribution < 1.29 is 8.42 Å². The van der Waals surface area contributed by atoms with Crippen molar-refractivity contribution in [1.29, 1.82) is 0 Å². The van der Waals surface area contributed by atoms with Crippen LogP contribution in [0.5, 0.6) is 0 Å². The highest BCUT2D eigenvalue weighted by Gasteiger charge is 2.31. The molecule has 1 fully saturated rings. The van der Waals surface area contributed by atoms with Gasteiger partial charge in [0.05, 0.1) is 4.90 Å². The van der Waals surface area contributed by atoms with E-state index in [1.165, 1.54) is 11.8 Å². The highest BCUT2D eigenvalue weighted by atomic mass is 32.2. The van der Waals surface area contributed by atoms with Gasteiger partial charge in [-0.3, -0.25) is 0 Å². The van der Waals surface area contributed by atoms with Gasteiger partial charge in [-0.15, -0.1) is 10.2 Å². The first-order valence-electron chi connectivity index (χ1n) is 11.7. The lowest BCUT2D eigenvalue weighted by atomic mass is 9.96.